The quantitative estimate of drug-likeness (QED) is 0.428. The van der Waals surface area contributed by atoms with Crippen molar-refractivity contribution in [1.29, 1.82) is 0 Å². The molecule has 12 heteroatoms. The molecule has 0 saturated carbocycles. The summed E-state index contributed by atoms with van der Waals surface area (Å²) in [5, 5.41) is 11.7. The Balaban J connectivity index is 1.42. The van der Waals surface area contributed by atoms with Crippen LogP contribution in [0.4, 0.5) is 22.1 Å². The maximum absolute atomic E-state index is 12.5. The molecule has 1 N–H and O–H groups in total. The molecule has 1 amide bonds. The van der Waals surface area contributed by atoms with E-state index < -0.39 is 5.60 Å². The Morgan fingerprint density at radius 2 is 1.86 bits per heavy atom. The van der Waals surface area contributed by atoms with Gasteiger partial charge in [-0.05, 0) is 26.8 Å². The largest absolute Gasteiger partial charge is 0.444 e. The van der Waals surface area contributed by atoms with Crippen LogP contribution in [0, 0.1) is 22.0 Å². The third-order valence-electron chi connectivity index (χ3n) is 6.62. The molecule has 0 radical (unpaired) electrons. The van der Waals surface area contributed by atoms with Crippen LogP contribution in [0.1, 0.15) is 20.8 Å². The predicted molar refractivity (Wildman–Crippen MR) is 135 cm³/mol. The molecule has 2 saturated heterocycles. The smallest absolute Gasteiger partial charge is 0.410 e. The zero-order chi connectivity index (χ0) is 25.8. The van der Waals surface area contributed by atoms with Crippen molar-refractivity contribution in [2.75, 3.05) is 50.1 Å². The maximum Gasteiger partial charge on any atom is 0.410 e. The summed E-state index contributed by atoms with van der Waals surface area (Å²) in [6.07, 6.45) is 1.27. The van der Waals surface area contributed by atoms with Gasteiger partial charge in [0.25, 0.3) is 5.69 Å². The van der Waals surface area contributed by atoms with Crippen molar-refractivity contribution < 1.29 is 14.5 Å². The summed E-state index contributed by atoms with van der Waals surface area (Å²) in [7, 11) is 3.54. The molecule has 2 aliphatic heterocycles. The average molecular weight is 495 g/mol. The Morgan fingerprint density at radius 3 is 2.47 bits per heavy atom. The molecule has 2 aromatic heterocycles. The number of carbonyl (C=O) groups is 1. The monoisotopic (exact) mass is 494 g/mol. The molecule has 0 spiro atoms. The summed E-state index contributed by atoms with van der Waals surface area (Å²) in [5.74, 6) is 1.11. The topological polar surface area (TPSA) is 134 Å². The highest BCUT2D eigenvalue weighted by atomic mass is 16.6. The van der Waals surface area contributed by atoms with Gasteiger partial charge in [0.05, 0.1) is 11.3 Å². The summed E-state index contributed by atoms with van der Waals surface area (Å²) >= 11 is 0. The lowest BCUT2D eigenvalue weighted by atomic mass is 10.0. The van der Waals surface area contributed by atoms with Gasteiger partial charge in [-0.3, -0.25) is 10.1 Å². The lowest BCUT2D eigenvalue weighted by molar-refractivity contribution is -0.384. The molecule has 5 rings (SSSR count). The first-order valence-corrected chi connectivity index (χ1v) is 11.9. The van der Waals surface area contributed by atoms with Gasteiger partial charge >= 0.3 is 6.09 Å². The lowest BCUT2D eigenvalue weighted by Gasteiger charge is -2.26. The summed E-state index contributed by atoms with van der Waals surface area (Å²) in [6, 6.07) is 5.09. The van der Waals surface area contributed by atoms with Crippen molar-refractivity contribution in [2.24, 2.45) is 11.8 Å². The van der Waals surface area contributed by atoms with Crippen molar-refractivity contribution in [3.8, 4) is 11.3 Å². The number of nitrogens with one attached hydrogen (secondary N) is 1. The number of anilines is 2. The van der Waals surface area contributed by atoms with E-state index >= 15 is 0 Å². The van der Waals surface area contributed by atoms with Crippen LogP contribution < -0.4 is 9.80 Å². The number of hydrogen-bond donors (Lipinski definition) is 1. The number of nitrogens with zero attached hydrogens (tertiary/aromatic N) is 7. The third kappa shape index (κ3) is 4.38. The van der Waals surface area contributed by atoms with Gasteiger partial charge in [-0.2, -0.15) is 4.98 Å². The first-order valence-electron chi connectivity index (χ1n) is 11.9. The first kappa shape index (κ1) is 23.8. The van der Waals surface area contributed by atoms with E-state index in [1.807, 2.05) is 26.8 Å². The minimum absolute atomic E-state index is 0.00302. The molecule has 0 bridgehead atoms. The maximum atomic E-state index is 12.5. The van der Waals surface area contributed by atoms with E-state index in [0.717, 1.165) is 0 Å². The third-order valence-corrected chi connectivity index (χ3v) is 6.62. The van der Waals surface area contributed by atoms with Crippen molar-refractivity contribution in [3.63, 3.8) is 0 Å². The molecule has 2 unspecified atom stereocenters. The lowest BCUT2D eigenvalue weighted by Crippen LogP contribution is -2.37. The average Bonchev–Trinajstić information content (AvgIpc) is 3.51. The number of ether oxygens (including phenoxy) is 1. The first-order chi connectivity index (χ1) is 17.0. The number of nitro benzene ring substituents is 1. The Kier molecular flexibility index (Phi) is 5.68. The summed E-state index contributed by atoms with van der Waals surface area (Å²) in [6.45, 7) is 8.28. The van der Waals surface area contributed by atoms with Crippen molar-refractivity contribution in [2.45, 2.75) is 26.4 Å². The zero-order valence-corrected chi connectivity index (χ0v) is 21.1. The van der Waals surface area contributed by atoms with Crippen LogP contribution in [0.15, 0.2) is 24.5 Å². The van der Waals surface area contributed by atoms with Gasteiger partial charge in [0.2, 0.25) is 5.95 Å². The number of rotatable bonds is 4. The van der Waals surface area contributed by atoms with Gasteiger partial charge in [-0.15, -0.1) is 0 Å². The van der Waals surface area contributed by atoms with Gasteiger partial charge in [0.15, 0.2) is 5.65 Å². The summed E-state index contributed by atoms with van der Waals surface area (Å²) < 4.78 is 5.54. The number of likely N-dealkylation sites (tertiary alicyclic amines) is 1. The molecule has 2 fully saturated rings. The number of nitro groups is 1. The second-order valence-corrected chi connectivity index (χ2v) is 10.6. The van der Waals surface area contributed by atoms with E-state index in [1.165, 1.54) is 0 Å². The van der Waals surface area contributed by atoms with Gasteiger partial charge in [0.1, 0.15) is 22.5 Å². The highest BCUT2D eigenvalue weighted by Crippen LogP contribution is 2.37. The molecule has 1 aromatic carbocycles. The summed E-state index contributed by atoms with van der Waals surface area (Å²) in [5.41, 5.74) is 2.30. The minimum Gasteiger partial charge on any atom is -0.444 e. The van der Waals surface area contributed by atoms with Crippen molar-refractivity contribution in [3.05, 3.63) is 34.6 Å². The predicted octanol–water partition coefficient (Wildman–Crippen LogP) is 3.30. The van der Waals surface area contributed by atoms with Gasteiger partial charge in [-0.25, -0.2) is 14.8 Å². The SMILES string of the molecule is CN(C)c1ccc(-c2nc(N3CC4CN(C(=O)OC(C)(C)C)CC4C3)nc3nc[nH]c23)cc1[N+](=O)[O-]. The van der Waals surface area contributed by atoms with Gasteiger partial charge < -0.3 is 24.4 Å². The number of imidazole rings is 1. The fourth-order valence-electron chi connectivity index (χ4n) is 5.00. The molecule has 36 heavy (non-hydrogen) atoms. The van der Waals surface area contributed by atoms with Crippen LogP contribution in [-0.4, -0.2) is 81.7 Å². The molecule has 0 aliphatic carbocycles. The number of aromatic amines is 1. The van der Waals surface area contributed by atoms with Crippen LogP contribution in [0.2, 0.25) is 0 Å². The molecular weight excluding hydrogens is 464 g/mol. The number of amides is 1. The fraction of sp³-hybridized carbons (Fsp3) is 0.500. The fourth-order valence-corrected chi connectivity index (χ4v) is 5.00. The van der Waals surface area contributed by atoms with Crippen molar-refractivity contribution >= 4 is 34.6 Å². The van der Waals surface area contributed by atoms with E-state index in [4.69, 9.17) is 9.72 Å². The molecule has 2 atom stereocenters. The van der Waals surface area contributed by atoms with Gasteiger partial charge in [-0.1, -0.05) is 6.07 Å². The second-order valence-electron chi connectivity index (χ2n) is 10.6. The van der Waals surface area contributed by atoms with Crippen LogP contribution >= 0.6 is 0 Å². The van der Waals surface area contributed by atoms with E-state index in [0.29, 0.717) is 72.1 Å². The van der Waals surface area contributed by atoms with Gasteiger partial charge in [0, 0.05) is 63.7 Å². The molecule has 3 aromatic rings. The van der Waals surface area contributed by atoms with E-state index in [-0.39, 0.29) is 16.7 Å². The number of fused-ring (bicyclic) bond motifs is 2. The normalized spacial score (nSPS) is 19.6. The number of H-pyrrole nitrogens is 1. The number of aromatic nitrogens is 4. The zero-order valence-electron chi connectivity index (χ0n) is 21.1. The highest BCUT2D eigenvalue weighted by molar-refractivity contribution is 5.89. The molecular formula is C24H30N8O4. The Labute approximate surface area is 208 Å². The van der Waals surface area contributed by atoms with Crippen molar-refractivity contribution in [1.82, 2.24) is 24.8 Å². The van der Waals surface area contributed by atoms with E-state index in [2.05, 4.69) is 19.9 Å². The summed E-state index contributed by atoms with van der Waals surface area (Å²) in [4.78, 5) is 46.4. The molecule has 190 valence electrons. The second kappa shape index (κ2) is 8.61. The van der Waals surface area contributed by atoms with Crippen LogP contribution in [0.3, 0.4) is 0 Å². The Morgan fingerprint density at radius 1 is 1.17 bits per heavy atom. The van der Waals surface area contributed by atoms with E-state index in [9.17, 15) is 14.9 Å². The molecule has 2 aliphatic rings. The Bertz CT molecular complexity index is 1320. The number of hydrogen-bond acceptors (Lipinski definition) is 9. The minimum atomic E-state index is -0.524. The molecule has 12 nitrogen and oxygen atoms in total. The number of benzene rings is 1. The van der Waals surface area contributed by atoms with E-state index in [1.54, 1.807) is 42.4 Å². The number of carbonyl (C=O) groups excluding carboxylic acids is 1. The van der Waals surface area contributed by atoms with Crippen LogP contribution in [0.25, 0.3) is 22.4 Å². The highest BCUT2D eigenvalue weighted by Gasteiger charge is 2.43. The van der Waals surface area contributed by atoms with Crippen LogP contribution in [0.5, 0.6) is 0 Å². The standard InChI is InChI=1S/C24H30N8O4/c1-24(2,3)36-23(33)31-11-15-9-30(10-16(15)12-31)22-27-19(20-21(28-22)26-13-25-20)14-6-7-17(29(4)5)18(8-14)32(34)35/h6-8,13,15-16H,9-12H2,1-5H3,(H,25,26,27,28). The molecule has 4 heterocycles. The van der Waals surface area contributed by atoms with Crippen LogP contribution in [-0.2, 0) is 4.74 Å². The Hall–Kier alpha value is -3.96.